The van der Waals surface area contributed by atoms with Gasteiger partial charge in [0.05, 0.1) is 23.4 Å². The van der Waals surface area contributed by atoms with E-state index < -0.39 is 0 Å². The molecule has 2 aromatic carbocycles. The minimum atomic E-state index is -0.291. The van der Waals surface area contributed by atoms with Gasteiger partial charge in [0.15, 0.2) is 0 Å². The van der Waals surface area contributed by atoms with Gasteiger partial charge in [0.25, 0.3) is 5.91 Å². The van der Waals surface area contributed by atoms with Crippen molar-refractivity contribution in [3.63, 3.8) is 0 Å². The van der Waals surface area contributed by atoms with Crippen LogP contribution < -0.4 is 5.48 Å². The lowest BCUT2D eigenvalue weighted by Gasteiger charge is -2.10. The molecule has 0 saturated heterocycles. The van der Waals surface area contributed by atoms with Crippen LogP contribution in [0.3, 0.4) is 0 Å². The molecule has 0 spiro atoms. The van der Waals surface area contributed by atoms with Crippen molar-refractivity contribution in [3.8, 4) is 11.3 Å². The monoisotopic (exact) mass is 326 g/mol. The molecule has 3 aromatic rings. The number of nitrogens with zero attached hydrogens (tertiary/aromatic N) is 1. The van der Waals surface area contributed by atoms with Gasteiger partial charge in [0.2, 0.25) is 0 Å². The van der Waals surface area contributed by atoms with Crippen LogP contribution in [-0.4, -0.2) is 17.5 Å². The Bertz CT molecular complexity index is 847. The smallest absolute Gasteiger partial charge is 0.274 e. The molecule has 5 heteroatoms. The van der Waals surface area contributed by atoms with Crippen molar-refractivity contribution in [3.05, 3.63) is 65.2 Å². The van der Waals surface area contributed by atoms with Crippen LogP contribution >= 0.6 is 11.6 Å². The highest BCUT2D eigenvalue weighted by molar-refractivity contribution is 6.30. The number of hydrogen-bond donors (Lipinski definition) is 1. The average Bonchev–Trinajstić information content (AvgIpc) is 2.59. The van der Waals surface area contributed by atoms with E-state index in [1.54, 1.807) is 18.2 Å². The minimum absolute atomic E-state index is 0.291. The molecule has 0 aliphatic heterocycles. The molecule has 0 unspecified atom stereocenters. The zero-order chi connectivity index (χ0) is 16.2. The van der Waals surface area contributed by atoms with Crippen molar-refractivity contribution in [2.45, 2.75) is 6.92 Å². The maximum Gasteiger partial charge on any atom is 0.275 e. The third-order valence-corrected chi connectivity index (χ3v) is 3.66. The number of benzene rings is 2. The van der Waals surface area contributed by atoms with E-state index in [4.69, 9.17) is 16.4 Å². The number of carbonyl (C=O) groups is 1. The van der Waals surface area contributed by atoms with Gasteiger partial charge in [-0.05, 0) is 31.2 Å². The van der Waals surface area contributed by atoms with Gasteiger partial charge in [0, 0.05) is 16.0 Å². The molecule has 0 aliphatic carbocycles. The molecular weight excluding hydrogens is 312 g/mol. The summed E-state index contributed by atoms with van der Waals surface area (Å²) < 4.78 is 0. The fraction of sp³-hybridized carbons (Fsp3) is 0.111. The molecule has 23 heavy (non-hydrogen) atoms. The van der Waals surface area contributed by atoms with Crippen LogP contribution in [0.1, 0.15) is 17.3 Å². The highest BCUT2D eigenvalue weighted by Gasteiger charge is 2.13. The summed E-state index contributed by atoms with van der Waals surface area (Å²) in [6.45, 7) is 2.21. The first-order valence-corrected chi connectivity index (χ1v) is 7.64. The van der Waals surface area contributed by atoms with Gasteiger partial charge in [-0.1, -0.05) is 41.9 Å². The van der Waals surface area contributed by atoms with Gasteiger partial charge in [-0.25, -0.2) is 10.5 Å². The summed E-state index contributed by atoms with van der Waals surface area (Å²) in [6, 6.07) is 16.6. The topological polar surface area (TPSA) is 51.2 Å². The van der Waals surface area contributed by atoms with Crippen LogP contribution in [0.2, 0.25) is 5.02 Å². The first-order valence-electron chi connectivity index (χ1n) is 7.27. The molecule has 0 bridgehead atoms. The number of hydrogen-bond acceptors (Lipinski definition) is 3. The first-order chi connectivity index (χ1) is 11.2. The number of nitrogens with one attached hydrogen (secondary N) is 1. The molecule has 3 rings (SSSR count). The Kier molecular flexibility index (Phi) is 4.55. The standard InChI is InChI=1S/C18H15ClN2O2/c1-2-23-21-18(22)15-11-17(12-7-9-13(19)10-8-12)20-16-6-4-3-5-14(15)16/h3-11H,2H2,1H3,(H,21,22). The van der Waals surface area contributed by atoms with Crippen molar-refractivity contribution >= 4 is 28.4 Å². The lowest BCUT2D eigenvalue weighted by molar-refractivity contribution is 0.0366. The lowest BCUT2D eigenvalue weighted by Crippen LogP contribution is -2.24. The number of aromatic nitrogens is 1. The summed E-state index contributed by atoms with van der Waals surface area (Å²) in [4.78, 5) is 22.0. The second kappa shape index (κ2) is 6.77. The number of amides is 1. The van der Waals surface area contributed by atoms with Crippen LogP contribution in [0.15, 0.2) is 54.6 Å². The van der Waals surface area contributed by atoms with E-state index in [-0.39, 0.29) is 5.91 Å². The summed E-state index contributed by atoms with van der Waals surface area (Å²) in [6.07, 6.45) is 0. The SMILES string of the molecule is CCONC(=O)c1cc(-c2ccc(Cl)cc2)nc2ccccc12. The fourth-order valence-corrected chi connectivity index (χ4v) is 2.45. The number of hydroxylamine groups is 1. The molecule has 1 aromatic heterocycles. The third kappa shape index (κ3) is 3.33. The number of rotatable bonds is 4. The van der Waals surface area contributed by atoms with Gasteiger partial charge in [-0.2, -0.15) is 0 Å². The van der Waals surface area contributed by atoms with E-state index in [1.165, 1.54) is 0 Å². The molecule has 0 aliphatic rings. The second-order valence-corrected chi connectivity index (χ2v) is 5.38. The van der Waals surface area contributed by atoms with E-state index in [2.05, 4.69) is 10.5 Å². The van der Waals surface area contributed by atoms with Gasteiger partial charge in [-0.15, -0.1) is 0 Å². The van der Waals surface area contributed by atoms with Crippen LogP contribution in [0.4, 0.5) is 0 Å². The summed E-state index contributed by atoms with van der Waals surface area (Å²) >= 11 is 5.93. The van der Waals surface area contributed by atoms with Gasteiger partial charge in [0.1, 0.15) is 0 Å². The molecule has 1 amide bonds. The Labute approximate surface area is 139 Å². The Hall–Kier alpha value is -2.43. The minimum Gasteiger partial charge on any atom is -0.274 e. The van der Waals surface area contributed by atoms with E-state index in [0.29, 0.717) is 22.9 Å². The molecule has 4 nitrogen and oxygen atoms in total. The predicted octanol–water partition coefficient (Wildman–Crippen LogP) is 4.24. The van der Waals surface area contributed by atoms with Crippen molar-refractivity contribution < 1.29 is 9.63 Å². The number of pyridine rings is 1. The Morgan fingerprint density at radius 1 is 1.17 bits per heavy atom. The summed E-state index contributed by atoms with van der Waals surface area (Å²) in [7, 11) is 0. The largest absolute Gasteiger partial charge is 0.275 e. The van der Waals surface area contributed by atoms with Gasteiger partial charge in [-0.3, -0.25) is 9.63 Å². The third-order valence-electron chi connectivity index (χ3n) is 3.41. The van der Waals surface area contributed by atoms with Crippen molar-refractivity contribution in [2.24, 2.45) is 0 Å². The molecule has 1 N–H and O–H groups in total. The lowest BCUT2D eigenvalue weighted by atomic mass is 10.0. The summed E-state index contributed by atoms with van der Waals surface area (Å²) in [5.41, 5.74) is 5.32. The highest BCUT2D eigenvalue weighted by Crippen LogP contribution is 2.25. The fourth-order valence-electron chi connectivity index (χ4n) is 2.32. The molecule has 0 atom stereocenters. The van der Waals surface area contributed by atoms with Crippen LogP contribution in [0, 0.1) is 0 Å². The van der Waals surface area contributed by atoms with Crippen molar-refractivity contribution in [1.82, 2.24) is 10.5 Å². The highest BCUT2D eigenvalue weighted by atomic mass is 35.5. The maximum absolute atomic E-state index is 12.4. The molecule has 0 radical (unpaired) electrons. The Balaban J connectivity index is 2.13. The molecule has 0 saturated carbocycles. The predicted molar refractivity (Wildman–Crippen MR) is 91.3 cm³/mol. The van der Waals surface area contributed by atoms with Crippen LogP contribution in [-0.2, 0) is 4.84 Å². The first kappa shape index (κ1) is 15.5. The zero-order valence-corrected chi connectivity index (χ0v) is 13.3. The Morgan fingerprint density at radius 2 is 1.91 bits per heavy atom. The van der Waals surface area contributed by atoms with E-state index in [0.717, 1.165) is 16.5 Å². The Morgan fingerprint density at radius 3 is 2.65 bits per heavy atom. The molecule has 1 heterocycles. The zero-order valence-electron chi connectivity index (χ0n) is 12.5. The maximum atomic E-state index is 12.4. The van der Waals surface area contributed by atoms with E-state index in [9.17, 15) is 4.79 Å². The number of fused-ring (bicyclic) bond motifs is 1. The number of halogens is 1. The molecule has 116 valence electrons. The van der Waals surface area contributed by atoms with Crippen LogP contribution in [0.5, 0.6) is 0 Å². The number of para-hydroxylation sites is 1. The molecular formula is C18H15ClN2O2. The van der Waals surface area contributed by atoms with Gasteiger partial charge >= 0.3 is 0 Å². The van der Waals surface area contributed by atoms with E-state index >= 15 is 0 Å². The summed E-state index contributed by atoms with van der Waals surface area (Å²) in [5.74, 6) is -0.291. The van der Waals surface area contributed by atoms with Crippen molar-refractivity contribution in [2.75, 3.05) is 6.61 Å². The quantitative estimate of drug-likeness (QED) is 0.730. The summed E-state index contributed by atoms with van der Waals surface area (Å²) in [5, 5.41) is 1.44. The van der Waals surface area contributed by atoms with Crippen LogP contribution in [0.25, 0.3) is 22.2 Å². The normalized spacial score (nSPS) is 10.7. The van der Waals surface area contributed by atoms with Gasteiger partial charge < -0.3 is 0 Å². The molecule has 0 fully saturated rings. The number of carbonyl (C=O) groups excluding carboxylic acids is 1. The second-order valence-electron chi connectivity index (χ2n) is 4.94. The van der Waals surface area contributed by atoms with Crippen molar-refractivity contribution in [1.29, 1.82) is 0 Å². The van der Waals surface area contributed by atoms with E-state index in [1.807, 2.05) is 43.3 Å². The average molecular weight is 327 g/mol.